The molecule has 14 heavy (non-hydrogen) atoms. The first-order chi connectivity index (χ1) is 6.70. The number of carboxylic acid groups (broad SMARTS) is 1. The van der Waals surface area contributed by atoms with Gasteiger partial charge in [-0.3, -0.25) is 9.69 Å². The highest BCUT2D eigenvalue weighted by Gasteiger charge is 2.02. The number of hydrogen-bond acceptors (Lipinski definition) is 3. The van der Waals surface area contributed by atoms with Crippen molar-refractivity contribution in [2.24, 2.45) is 0 Å². The van der Waals surface area contributed by atoms with Crippen LogP contribution in [0.25, 0.3) is 0 Å². The summed E-state index contributed by atoms with van der Waals surface area (Å²) in [7, 11) is 0. The van der Waals surface area contributed by atoms with E-state index in [0.717, 1.165) is 19.5 Å². The Morgan fingerprint density at radius 1 is 1.36 bits per heavy atom. The summed E-state index contributed by atoms with van der Waals surface area (Å²) in [4.78, 5) is 12.3. The fraction of sp³-hybridized carbons (Fsp3) is 0.700. The summed E-state index contributed by atoms with van der Waals surface area (Å²) in [5.74, 6) is -0.748. The molecule has 0 aromatic rings. The molecule has 0 saturated heterocycles. The molecule has 0 unspecified atom stereocenters. The molecule has 0 bridgehead atoms. The molecule has 4 heteroatoms. The maximum atomic E-state index is 10.2. The highest BCUT2D eigenvalue weighted by Crippen LogP contribution is 1.98. The largest absolute Gasteiger partial charge is 0.481 e. The monoisotopic (exact) mass is 201 g/mol. The number of rotatable bonds is 9. The first kappa shape index (κ1) is 13.1. The van der Waals surface area contributed by atoms with Crippen LogP contribution < -0.4 is 0 Å². The lowest BCUT2D eigenvalue weighted by Gasteiger charge is -2.18. The van der Waals surface area contributed by atoms with Gasteiger partial charge in [0.05, 0.1) is 6.61 Å². The van der Waals surface area contributed by atoms with E-state index in [2.05, 4.69) is 11.5 Å². The van der Waals surface area contributed by atoms with Crippen molar-refractivity contribution >= 4 is 5.97 Å². The van der Waals surface area contributed by atoms with Gasteiger partial charge in [0, 0.05) is 19.5 Å². The second-order valence-corrected chi connectivity index (χ2v) is 3.16. The summed E-state index contributed by atoms with van der Waals surface area (Å²) >= 11 is 0. The van der Waals surface area contributed by atoms with E-state index >= 15 is 0 Å². The van der Waals surface area contributed by atoms with Crippen LogP contribution in [0.4, 0.5) is 0 Å². The van der Waals surface area contributed by atoms with Gasteiger partial charge in [-0.15, -0.1) is 6.58 Å². The van der Waals surface area contributed by atoms with Crippen molar-refractivity contribution in [2.75, 3.05) is 26.2 Å². The average molecular weight is 201 g/mol. The predicted octanol–water partition coefficient (Wildman–Crippen LogP) is 0.722. The molecule has 0 aromatic heterocycles. The minimum atomic E-state index is -0.748. The smallest absolute Gasteiger partial charge is 0.303 e. The number of aliphatic carboxylic acids is 1. The van der Waals surface area contributed by atoms with Crippen LogP contribution in [0.1, 0.15) is 19.3 Å². The molecule has 0 radical (unpaired) electrons. The summed E-state index contributed by atoms with van der Waals surface area (Å²) in [6.07, 6.45) is 3.54. The van der Waals surface area contributed by atoms with Crippen LogP contribution in [-0.2, 0) is 4.79 Å². The molecular formula is C10H19NO3. The van der Waals surface area contributed by atoms with E-state index in [1.54, 1.807) is 6.08 Å². The lowest BCUT2D eigenvalue weighted by Crippen LogP contribution is -2.28. The first-order valence-corrected chi connectivity index (χ1v) is 4.86. The predicted molar refractivity (Wildman–Crippen MR) is 55.2 cm³/mol. The topological polar surface area (TPSA) is 60.8 Å². The maximum Gasteiger partial charge on any atom is 0.303 e. The standard InChI is InChI=1S/C10H19NO3/c1-2-6-11(8-9-12)7-4-3-5-10(13)14/h2,12H,1,3-9H2,(H,13,14). The number of hydrogen-bond donors (Lipinski definition) is 2. The van der Waals surface area contributed by atoms with Crippen LogP contribution in [0.5, 0.6) is 0 Å². The van der Waals surface area contributed by atoms with Gasteiger partial charge in [-0.1, -0.05) is 6.08 Å². The zero-order valence-electron chi connectivity index (χ0n) is 8.48. The van der Waals surface area contributed by atoms with Crippen molar-refractivity contribution < 1.29 is 15.0 Å². The van der Waals surface area contributed by atoms with E-state index < -0.39 is 5.97 Å². The highest BCUT2D eigenvalue weighted by molar-refractivity contribution is 5.66. The quantitative estimate of drug-likeness (QED) is 0.426. The number of carboxylic acids is 1. The third-order valence-electron chi connectivity index (χ3n) is 1.92. The zero-order chi connectivity index (χ0) is 10.8. The minimum Gasteiger partial charge on any atom is -0.481 e. The summed E-state index contributed by atoms with van der Waals surface area (Å²) < 4.78 is 0. The van der Waals surface area contributed by atoms with E-state index in [4.69, 9.17) is 10.2 Å². The lowest BCUT2D eigenvalue weighted by molar-refractivity contribution is -0.137. The molecule has 0 aliphatic heterocycles. The number of aliphatic hydroxyl groups is 1. The second-order valence-electron chi connectivity index (χ2n) is 3.16. The third kappa shape index (κ3) is 7.76. The Hall–Kier alpha value is -0.870. The Bertz CT molecular complexity index is 171. The van der Waals surface area contributed by atoms with Crippen molar-refractivity contribution in [3.8, 4) is 0 Å². The summed E-state index contributed by atoms with van der Waals surface area (Å²) in [5, 5.41) is 17.2. The number of aliphatic hydroxyl groups excluding tert-OH is 1. The molecule has 0 saturated carbocycles. The van der Waals surface area contributed by atoms with Crippen molar-refractivity contribution in [1.29, 1.82) is 0 Å². The van der Waals surface area contributed by atoms with Crippen molar-refractivity contribution in [3.63, 3.8) is 0 Å². The van der Waals surface area contributed by atoms with Gasteiger partial charge in [-0.05, 0) is 19.4 Å². The first-order valence-electron chi connectivity index (χ1n) is 4.86. The molecule has 0 aliphatic rings. The molecule has 0 fully saturated rings. The molecule has 0 spiro atoms. The van der Waals surface area contributed by atoms with E-state index in [9.17, 15) is 4.79 Å². The molecule has 0 aromatic carbocycles. The second kappa shape index (κ2) is 8.72. The molecular weight excluding hydrogens is 182 g/mol. The third-order valence-corrected chi connectivity index (χ3v) is 1.92. The fourth-order valence-electron chi connectivity index (χ4n) is 1.23. The molecule has 0 heterocycles. The lowest BCUT2D eigenvalue weighted by atomic mass is 10.2. The molecule has 0 rings (SSSR count). The van der Waals surface area contributed by atoms with E-state index in [1.165, 1.54) is 0 Å². The van der Waals surface area contributed by atoms with Gasteiger partial charge >= 0.3 is 5.97 Å². The number of nitrogens with zero attached hydrogens (tertiary/aromatic N) is 1. The van der Waals surface area contributed by atoms with Crippen LogP contribution in [-0.4, -0.2) is 47.3 Å². The molecule has 4 nitrogen and oxygen atoms in total. The number of carbonyl (C=O) groups is 1. The summed E-state index contributed by atoms with van der Waals surface area (Å²) in [6.45, 7) is 5.94. The summed E-state index contributed by atoms with van der Waals surface area (Å²) in [5.41, 5.74) is 0. The fourth-order valence-corrected chi connectivity index (χ4v) is 1.23. The molecule has 0 amide bonds. The molecule has 0 aliphatic carbocycles. The minimum absolute atomic E-state index is 0.132. The van der Waals surface area contributed by atoms with E-state index in [-0.39, 0.29) is 13.0 Å². The SMILES string of the molecule is C=CCN(CCO)CCCCC(=O)O. The average Bonchev–Trinajstić information content (AvgIpc) is 2.12. The summed E-state index contributed by atoms with van der Waals surface area (Å²) in [6, 6.07) is 0. The Balaban J connectivity index is 3.49. The van der Waals surface area contributed by atoms with Gasteiger partial charge in [-0.2, -0.15) is 0 Å². The van der Waals surface area contributed by atoms with Gasteiger partial charge < -0.3 is 10.2 Å². The van der Waals surface area contributed by atoms with E-state index in [0.29, 0.717) is 13.0 Å². The van der Waals surface area contributed by atoms with Crippen LogP contribution in [0.3, 0.4) is 0 Å². The molecule has 82 valence electrons. The van der Waals surface area contributed by atoms with Crippen LogP contribution >= 0.6 is 0 Å². The highest BCUT2D eigenvalue weighted by atomic mass is 16.4. The van der Waals surface area contributed by atoms with Crippen molar-refractivity contribution in [1.82, 2.24) is 4.90 Å². The van der Waals surface area contributed by atoms with Gasteiger partial charge in [0.15, 0.2) is 0 Å². The van der Waals surface area contributed by atoms with Gasteiger partial charge in [0.25, 0.3) is 0 Å². The Morgan fingerprint density at radius 2 is 2.07 bits per heavy atom. The van der Waals surface area contributed by atoms with Crippen LogP contribution in [0, 0.1) is 0 Å². The zero-order valence-corrected chi connectivity index (χ0v) is 8.48. The van der Waals surface area contributed by atoms with Crippen molar-refractivity contribution in [3.05, 3.63) is 12.7 Å². The van der Waals surface area contributed by atoms with Gasteiger partial charge in [0.1, 0.15) is 0 Å². The Kier molecular flexibility index (Phi) is 8.17. The normalized spacial score (nSPS) is 10.4. The Labute approximate surface area is 84.8 Å². The number of unbranched alkanes of at least 4 members (excludes halogenated alkanes) is 1. The van der Waals surface area contributed by atoms with Crippen LogP contribution in [0.2, 0.25) is 0 Å². The van der Waals surface area contributed by atoms with Gasteiger partial charge in [-0.25, -0.2) is 0 Å². The molecule has 2 N–H and O–H groups in total. The molecule has 0 atom stereocenters. The Morgan fingerprint density at radius 3 is 2.57 bits per heavy atom. The van der Waals surface area contributed by atoms with Crippen molar-refractivity contribution in [2.45, 2.75) is 19.3 Å². The van der Waals surface area contributed by atoms with Gasteiger partial charge in [0.2, 0.25) is 0 Å². The van der Waals surface area contributed by atoms with Crippen LogP contribution in [0.15, 0.2) is 12.7 Å². The van der Waals surface area contributed by atoms with E-state index in [1.807, 2.05) is 0 Å². The maximum absolute atomic E-state index is 10.2.